The van der Waals surface area contributed by atoms with Gasteiger partial charge in [0, 0.05) is 18.8 Å². The van der Waals surface area contributed by atoms with E-state index in [9.17, 15) is 12.8 Å². The molecule has 1 heterocycles. The van der Waals surface area contributed by atoms with Gasteiger partial charge in [0.1, 0.15) is 5.82 Å². The Morgan fingerprint density at radius 3 is 2.40 bits per heavy atom. The van der Waals surface area contributed by atoms with Gasteiger partial charge in [0.2, 0.25) is 0 Å². The number of rotatable bonds is 5. The van der Waals surface area contributed by atoms with Gasteiger partial charge >= 0.3 is 10.2 Å². The molecule has 0 bridgehead atoms. The Bertz CT molecular complexity index is 525. The Morgan fingerprint density at radius 1 is 1.25 bits per heavy atom. The first-order chi connectivity index (χ1) is 9.51. The van der Waals surface area contributed by atoms with E-state index in [4.69, 9.17) is 0 Å². The van der Waals surface area contributed by atoms with E-state index < -0.39 is 10.2 Å². The zero-order valence-electron chi connectivity index (χ0n) is 11.5. The number of hydrogen-bond acceptors (Lipinski definition) is 3. The van der Waals surface area contributed by atoms with Crippen LogP contribution in [0.5, 0.6) is 0 Å². The molecule has 0 unspecified atom stereocenters. The lowest BCUT2D eigenvalue weighted by molar-refractivity contribution is 0.272. The van der Waals surface area contributed by atoms with Crippen molar-refractivity contribution in [2.45, 2.75) is 12.8 Å². The zero-order chi connectivity index (χ0) is 14.6. The van der Waals surface area contributed by atoms with Crippen LogP contribution in [0.3, 0.4) is 0 Å². The van der Waals surface area contributed by atoms with E-state index in [2.05, 4.69) is 10.0 Å². The molecule has 1 aliphatic heterocycles. The molecule has 20 heavy (non-hydrogen) atoms. The minimum Gasteiger partial charge on any atom is -0.319 e. The van der Waals surface area contributed by atoms with Crippen molar-refractivity contribution in [3.8, 4) is 0 Å². The number of hydrogen-bond donors (Lipinski definition) is 2. The lowest BCUT2D eigenvalue weighted by atomic mass is 9.98. The summed E-state index contributed by atoms with van der Waals surface area (Å²) in [5, 5.41) is 3.12. The van der Waals surface area contributed by atoms with Crippen molar-refractivity contribution in [2.24, 2.45) is 5.92 Å². The molecule has 112 valence electrons. The summed E-state index contributed by atoms with van der Waals surface area (Å²) in [6, 6.07) is 5.30. The average Bonchev–Trinajstić information content (AvgIpc) is 2.42. The summed E-state index contributed by atoms with van der Waals surface area (Å²) >= 11 is 0. The number of nitrogens with zero attached hydrogens (tertiary/aromatic N) is 1. The van der Waals surface area contributed by atoms with Gasteiger partial charge < -0.3 is 5.32 Å². The topological polar surface area (TPSA) is 61.4 Å². The van der Waals surface area contributed by atoms with Crippen LogP contribution in [0, 0.1) is 11.7 Å². The molecular weight excluding hydrogens is 281 g/mol. The van der Waals surface area contributed by atoms with E-state index in [-0.39, 0.29) is 5.82 Å². The van der Waals surface area contributed by atoms with Crippen LogP contribution < -0.4 is 10.0 Å². The van der Waals surface area contributed by atoms with Crippen molar-refractivity contribution in [3.05, 3.63) is 30.1 Å². The van der Waals surface area contributed by atoms with E-state index >= 15 is 0 Å². The van der Waals surface area contributed by atoms with Crippen molar-refractivity contribution in [1.82, 2.24) is 9.62 Å². The van der Waals surface area contributed by atoms with Gasteiger partial charge in [-0.3, -0.25) is 4.72 Å². The minimum absolute atomic E-state index is 0.378. The molecule has 1 fully saturated rings. The van der Waals surface area contributed by atoms with Gasteiger partial charge in [-0.05, 0) is 56.6 Å². The quantitative estimate of drug-likeness (QED) is 0.864. The predicted octanol–water partition coefficient (Wildman–Crippen LogP) is 1.41. The Balaban J connectivity index is 1.96. The number of nitrogens with one attached hydrogen (secondary N) is 2. The molecule has 0 atom stereocenters. The standard InChI is InChI=1S/C13H20FN3O2S/c1-15-10-11-6-8-17(9-7-11)20(18,19)16-13-4-2-12(14)3-5-13/h2-5,11,15-16H,6-10H2,1H3. The normalized spacial score (nSPS) is 18.1. The van der Waals surface area contributed by atoms with Gasteiger partial charge in [-0.25, -0.2) is 4.39 Å². The van der Waals surface area contributed by atoms with Crippen LogP contribution in [0.15, 0.2) is 24.3 Å². The van der Waals surface area contributed by atoms with Crippen molar-refractivity contribution < 1.29 is 12.8 Å². The summed E-state index contributed by atoms with van der Waals surface area (Å²) in [5.41, 5.74) is 0.378. The number of halogens is 1. The summed E-state index contributed by atoms with van der Waals surface area (Å²) in [4.78, 5) is 0. The summed E-state index contributed by atoms with van der Waals surface area (Å²) in [6.45, 7) is 1.95. The molecule has 2 N–H and O–H groups in total. The van der Waals surface area contributed by atoms with Gasteiger partial charge in [-0.15, -0.1) is 0 Å². The highest BCUT2D eigenvalue weighted by molar-refractivity contribution is 7.90. The molecule has 0 aromatic heterocycles. The maximum absolute atomic E-state index is 12.8. The molecule has 1 aromatic carbocycles. The maximum Gasteiger partial charge on any atom is 0.301 e. The molecule has 0 saturated carbocycles. The molecule has 1 aromatic rings. The third-order valence-electron chi connectivity index (χ3n) is 3.50. The SMILES string of the molecule is CNCC1CCN(S(=O)(=O)Nc2ccc(F)cc2)CC1. The van der Waals surface area contributed by atoms with E-state index in [1.165, 1.54) is 28.6 Å². The Kier molecular flexibility index (Phi) is 4.95. The highest BCUT2D eigenvalue weighted by atomic mass is 32.2. The Hall–Kier alpha value is -1.18. The van der Waals surface area contributed by atoms with Crippen LogP contribution in [0.4, 0.5) is 10.1 Å². The molecule has 1 saturated heterocycles. The van der Waals surface area contributed by atoms with E-state index in [0.29, 0.717) is 24.7 Å². The van der Waals surface area contributed by atoms with Gasteiger partial charge in [0.05, 0.1) is 0 Å². The number of piperidine rings is 1. The predicted molar refractivity (Wildman–Crippen MR) is 77.2 cm³/mol. The van der Waals surface area contributed by atoms with Crippen molar-refractivity contribution in [1.29, 1.82) is 0 Å². The van der Waals surface area contributed by atoms with E-state index in [1.54, 1.807) is 0 Å². The molecule has 2 rings (SSSR count). The summed E-state index contributed by atoms with van der Waals surface area (Å²) in [5.74, 6) is 0.137. The van der Waals surface area contributed by atoms with Crippen LogP contribution >= 0.6 is 0 Å². The van der Waals surface area contributed by atoms with E-state index in [1.807, 2.05) is 7.05 Å². The van der Waals surface area contributed by atoms with Crippen molar-refractivity contribution in [3.63, 3.8) is 0 Å². The number of anilines is 1. The highest BCUT2D eigenvalue weighted by Gasteiger charge is 2.27. The minimum atomic E-state index is -3.55. The first-order valence-corrected chi connectivity index (χ1v) is 8.13. The molecule has 0 amide bonds. The first-order valence-electron chi connectivity index (χ1n) is 6.69. The molecule has 0 radical (unpaired) electrons. The van der Waals surface area contributed by atoms with Crippen LogP contribution in [0.25, 0.3) is 0 Å². The van der Waals surface area contributed by atoms with Crippen molar-refractivity contribution >= 4 is 15.9 Å². The monoisotopic (exact) mass is 301 g/mol. The maximum atomic E-state index is 12.8. The van der Waals surface area contributed by atoms with E-state index in [0.717, 1.165) is 19.4 Å². The summed E-state index contributed by atoms with van der Waals surface area (Å²) in [6.07, 6.45) is 1.70. The Labute approximate surface area is 119 Å². The van der Waals surface area contributed by atoms with Crippen LogP contribution in [-0.2, 0) is 10.2 Å². The third kappa shape index (κ3) is 3.91. The average molecular weight is 301 g/mol. The smallest absolute Gasteiger partial charge is 0.301 e. The van der Waals surface area contributed by atoms with Crippen molar-refractivity contribution in [2.75, 3.05) is 31.4 Å². The second kappa shape index (κ2) is 6.51. The number of benzene rings is 1. The molecule has 7 heteroatoms. The zero-order valence-corrected chi connectivity index (χ0v) is 12.3. The second-order valence-corrected chi connectivity index (χ2v) is 6.68. The molecular formula is C13H20FN3O2S. The fourth-order valence-electron chi connectivity index (χ4n) is 2.37. The molecule has 0 spiro atoms. The second-order valence-electron chi connectivity index (χ2n) is 5.01. The fourth-order valence-corrected chi connectivity index (χ4v) is 3.63. The van der Waals surface area contributed by atoms with Crippen LogP contribution in [-0.4, -0.2) is 39.4 Å². The van der Waals surface area contributed by atoms with Crippen LogP contribution in [0.1, 0.15) is 12.8 Å². The third-order valence-corrected chi connectivity index (χ3v) is 5.04. The molecule has 1 aliphatic rings. The first kappa shape index (κ1) is 15.2. The van der Waals surface area contributed by atoms with Crippen LogP contribution in [0.2, 0.25) is 0 Å². The highest BCUT2D eigenvalue weighted by Crippen LogP contribution is 2.20. The molecule has 5 nitrogen and oxygen atoms in total. The molecule has 0 aliphatic carbocycles. The summed E-state index contributed by atoms with van der Waals surface area (Å²) in [7, 11) is -1.65. The van der Waals surface area contributed by atoms with Gasteiger partial charge in [0.15, 0.2) is 0 Å². The lowest BCUT2D eigenvalue weighted by Crippen LogP contribution is -2.43. The van der Waals surface area contributed by atoms with Gasteiger partial charge in [-0.1, -0.05) is 0 Å². The Morgan fingerprint density at radius 2 is 1.85 bits per heavy atom. The summed E-state index contributed by atoms with van der Waals surface area (Å²) < 4.78 is 41.1. The van der Waals surface area contributed by atoms with Gasteiger partial charge in [-0.2, -0.15) is 12.7 Å². The lowest BCUT2D eigenvalue weighted by Gasteiger charge is -2.31. The van der Waals surface area contributed by atoms with Gasteiger partial charge in [0.25, 0.3) is 0 Å². The largest absolute Gasteiger partial charge is 0.319 e. The fraction of sp³-hybridized carbons (Fsp3) is 0.538.